The van der Waals surface area contributed by atoms with Gasteiger partial charge in [-0.3, -0.25) is 4.72 Å². The van der Waals surface area contributed by atoms with Crippen molar-refractivity contribution < 1.29 is 17.3 Å². The number of halogens is 2. The van der Waals surface area contributed by atoms with E-state index < -0.39 is 20.7 Å². The summed E-state index contributed by atoms with van der Waals surface area (Å²) in [6.45, 7) is 1.60. The second-order valence-corrected chi connectivity index (χ2v) is 5.54. The Morgan fingerprint density at radius 3 is 2.78 bits per heavy atom. The average molecular weight is 291 g/mol. The van der Waals surface area contributed by atoms with E-state index in [1.165, 1.54) is 18.2 Å². The average Bonchev–Trinajstić information content (AvgIpc) is 2.67. The lowest BCUT2D eigenvalue weighted by Crippen LogP contribution is -2.14. The van der Waals surface area contributed by atoms with Crippen molar-refractivity contribution >= 4 is 27.4 Å². The topological polar surface area (TPSA) is 72.2 Å². The van der Waals surface area contributed by atoms with Crippen LogP contribution in [-0.2, 0) is 10.0 Å². The minimum atomic E-state index is -4.09. The number of sulfonamides is 1. The normalized spacial score (nSPS) is 11.5. The summed E-state index contributed by atoms with van der Waals surface area (Å²) in [6.07, 6.45) is 0. The summed E-state index contributed by atoms with van der Waals surface area (Å²) in [5.41, 5.74) is 0. The molecule has 2 aromatic rings. The third kappa shape index (κ3) is 2.46. The summed E-state index contributed by atoms with van der Waals surface area (Å²) >= 11 is 5.53. The second-order valence-electron chi connectivity index (χ2n) is 3.48. The lowest BCUT2D eigenvalue weighted by atomic mass is 10.3. The molecule has 0 saturated carbocycles. The van der Waals surface area contributed by atoms with Gasteiger partial charge in [-0.05, 0) is 19.1 Å². The SMILES string of the molecule is Cc1cc(NS(=O)(=O)c2cccc(Cl)c2F)no1. The third-order valence-electron chi connectivity index (χ3n) is 2.07. The number of hydrogen-bond acceptors (Lipinski definition) is 4. The van der Waals surface area contributed by atoms with E-state index >= 15 is 0 Å². The van der Waals surface area contributed by atoms with E-state index in [0.717, 1.165) is 6.07 Å². The van der Waals surface area contributed by atoms with Gasteiger partial charge in [0.2, 0.25) is 0 Å². The minimum absolute atomic E-state index is 0.0214. The Labute approximate surface area is 108 Å². The standard InChI is InChI=1S/C10H8ClFN2O3S/c1-6-5-9(13-17-6)14-18(15,16)8-4-2-3-7(11)10(8)12/h2-5H,1H3,(H,13,14). The van der Waals surface area contributed by atoms with Gasteiger partial charge in [0.25, 0.3) is 10.0 Å². The lowest BCUT2D eigenvalue weighted by Gasteiger charge is -2.06. The van der Waals surface area contributed by atoms with Gasteiger partial charge < -0.3 is 4.52 Å². The highest BCUT2D eigenvalue weighted by atomic mass is 35.5. The molecule has 0 aliphatic heterocycles. The molecule has 0 aliphatic rings. The second kappa shape index (κ2) is 4.58. The maximum absolute atomic E-state index is 13.6. The first kappa shape index (κ1) is 12.8. The molecule has 1 aromatic carbocycles. The van der Waals surface area contributed by atoms with Crippen molar-refractivity contribution in [3.63, 3.8) is 0 Å². The molecule has 2 rings (SSSR count). The first-order chi connectivity index (χ1) is 8.40. The molecule has 0 unspecified atom stereocenters. The van der Waals surface area contributed by atoms with Gasteiger partial charge in [0, 0.05) is 6.07 Å². The predicted molar refractivity (Wildman–Crippen MR) is 63.5 cm³/mol. The van der Waals surface area contributed by atoms with Crippen LogP contribution in [0.5, 0.6) is 0 Å². The fourth-order valence-electron chi connectivity index (χ4n) is 1.30. The van der Waals surface area contributed by atoms with Gasteiger partial charge in [0.1, 0.15) is 10.7 Å². The maximum Gasteiger partial charge on any atom is 0.266 e. The monoisotopic (exact) mass is 290 g/mol. The minimum Gasteiger partial charge on any atom is -0.360 e. The highest BCUT2D eigenvalue weighted by Gasteiger charge is 2.21. The number of hydrogen-bond donors (Lipinski definition) is 1. The van der Waals surface area contributed by atoms with Gasteiger partial charge in [-0.2, -0.15) is 0 Å². The van der Waals surface area contributed by atoms with Gasteiger partial charge in [-0.1, -0.05) is 22.8 Å². The number of rotatable bonds is 3. The van der Waals surface area contributed by atoms with Crippen LogP contribution in [-0.4, -0.2) is 13.6 Å². The number of aryl methyl sites for hydroxylation is 1. The zero-order valence-electron chi connectivity index (χ0n) is 9.15. The van der Waals surface area contributed by atoms with Crippen LogP contribution in [0.15, 0.2) is 33.7 Å². The zero-order valence-corrected chi connectivity index (χ0v) is 10.7. The van der Waals surface area contributed by atoms with Gasteiger partial charge in [-0.15, -0.1) is 0 Å². The summed E-state index contributed by atoms with van der Waals surface area (Å²) in [4.78, 5) is -0.546. The number of nitrogens with one attached hydrogen (secondary N) is 1. The van der Waals surface area contributed by atoms with E-state index in [0.29, 0.717) is 5.76 Å². The molecule has 5 nitrogen and oxygen atoms in total. The molecule has 1 aromatic heterocycles. The van der Waals surface area contributed by atoms with Crippen molar-refractivity contribution in [2.75, 3.05) is 4.72 Å². The fourth-order valence-corrected chi connectivity index (χ4v) is 2.61. The molecule has 0 aliphatic carbocycles. The molecular formula is C10H8ClFN2O3S. The van der Waals surface area contributed by atoms with Crippen molar-refractivity contribution in [1.82, 2.24) is 5.16 Å². The largest absolute Gasteiger partial charge is 0.360 e. The zero-order chi connectivity index (χ0) is 13.3. The number of aromatic nitrogens is 1. The Morgan fingerprint density at radius 2 is 2.17 bits per heavy atom. The van der Waals surface area contributed by atoms with E-state index in [4.69, 9.17) is 16.1 Å². The molecular weight excluding hydrogens is 283 g/mol. The Hall–Kier alpha value is -1.60. The number of nitrogens with zero attached hydrogens (tertiary/aromatic N) is 1. The highest BCUT2D eigenvalue weighted by Crippen LogP contribution is 2.23. The van der Waals surface area contributed by atoms with Crippen molar-refractivity contribution in [2.24, 2.45) is 0 Å². The van der Waals surface area contributed by atoms with Crippen molar-refractivity contribution in [1.29, 1.82) is 0 Å². The molecule has 0 atom stereocenters. The van der Waals surface area contributed by atoms with Gasteiger partial charge in [0.15, 0.2) is 11.6 Å². The molecule has 8 heteroatoms. The van der Waals surface area contributed by atoms with Crippen LogP contribution in [0.3, 0.4) is 0 Å². The van der Waals surface area contributed by atoms with Crippen LogP contribution in [0, 0.1) is 12.7 Å². The number of benzene rings is 1. The van der Waals surface area contributed by atoms with Crippen LogP contribution in [0.25, 0.3) is 0 Å². The molecule has 0 fully saturated rings. The van der Waals surface area contributed by atoms with E-state index in [2.05, 4.69) is 9.88 Å². The van der Waals surface area contributed by atoms with Crippen LogP contribution >= 0.6 is 11.6 Å². The first-order valence-electron chi connectivity index (χ1n) is 4.80. The van der Waals surface area contributed by atoms with E-state index in [1.807, 2.05) is 0 Å². The quantitative estimate of drug-likeness (QED) is 0.943. The molecule has 1 N–H and O–H groups in total. The maximum atomic E-state index is 13.6. The van der Waals surface area contributed by atoms with Crippen LogP contribution < -0.4 is 4.72 Å². The van der Waals surface area contributed by atoms with Crippen molar-refractivity contribution in [3.05, 3.63) is 40.9 Å². The third-order valence-corrected chi connectivity index (χ3v) is 3.74. The van der Waals surface area contributed by atoms with Crippen LogP contribution in [0.4, 0.5) is 10.2 Å². The van der Waals surface area contributed by atoms with E-state index in [1.54, 1.807) is 6.92 Å². The molecule has 18 heavy (non-hydrogen) atoms. The smallest absolute Gasteiger partial charge is 0.266 e. The van der Waals surface area contributed by atoms with Gasteiger partial charge in [0.05, 0.1) is 5.02 Å². The summed E-state index contributed by atoms with van der Waals surface area (Å²) < 4.78 is 44.2. The summed E-state index contributed by atoms with van der Waals surface area (Å²) in [6, 6.07) is 5.08. The van der Waals surface area contributed by atoms with Crippen LogP contribution in [0.2, 0.25) is 5.02 Å². The Balaban J connectivity index is 2.40. The van der Waals surface area contributed by atoms with Crippen molar-refractivity contribution in [2.45, 2.75) is 11.8 Å². The van der Waals surface area contributed by atoms with Gasteiger partial charge in [-0.25, -0.2) is 12.8 Å². The molecule has 0 amide bonds. The molecule has 1 heterocycles. The summed E-state index contributed by atoms with van der Waals surface area (Å²) in [5.74, 6) is -0.599. The number of anilines is 1. The highest BCUT2D eigenvalue weighted by molar-refractivity contribution is 7.92. The lowest BCUT2D eigenvalue weighted by molar-refractivity contribution is 0.400. The molecule has 96 valence electrons. The molecule has 0 radical (unpaired) electrons. The summed E-state index contributed by atoms with van der Waals surface area (Å²) in [5, 5.41) is 3.19. The van der Waals surface area contributed by atoms with E-state index in [9.17, 15) is 12.8 Å². The molecule has 0 saturated heterocycles. The first-order valence-corrected chi connectivity index (χ1v) is 6.66. The Kier molecular flexibility index (Phi) is 3.27. The molecule has 0 spiro atoms. The Morgan fingerprint density at radius 1 is 1.44 bits per heavy atom. The van der Waals surface area contributed by atoms with Crippen LogP contribution in [0.1, 0.15) is 5.76 Å². The van der Waals surface area contributed by atoms with Gasteiger partial charge >= 0.3 is 0 Å². The fraction of sp³-hybridized carbons (Fsp3) is 0.100. The van der Waals surface area contributed by atoms with Crippen molar-refractivity contribution in [3.8, 4) is 0 Å². The summed E-state index contributed by atoms with van der Waals surface area (Å²) in [7, 11) is -4.09. The predicted octanol–water partition coefficient (Wildman–Crippen LogP) is 2.58. The molecule has 0 bridgehead atoms. The Bertz CT molecular complexity index is 684. The van der Waals surface area contributed by atoms with E-state index in [-0.39, 0.29) is 10.8 Å².